The molecule has 2 amide bonds. The molecule has 0 aromatic rings. The summed E-state index contributed by atoms with van der Waals surface area (Å²) in [4.78, 5) is 38.5. The Balaban J connectivity index is 3.50. The third kappa shape index (κ3) is 5.46. The van der Waals surface area contributed by atoms with Gasteiger partial charge >= 0.3 is 18.2 Å². The molecule has 0 bridgehead atoms. The van der Waals surface area contributed by atoms with Gasteiger partial charge < -0.3 is 18.8 Å². The second-order valence-corrected chi connectivity index (χ2v) is 13.0. The van der Waals surface area contributed by atoms with Crippen LogP contribution in [0.5, 0.6) is 0 Å². The maximum absolute atomic E-state index is 15.7. The fourth-order valence-corrected chi connectivity index (χ4v) is 4.53. The van der Waals surface area contributed by atoms with Crippen molar-refractivity contribution < 1.29 is 37.5 Å². The molecule has 0 aromatic carbocycles. The molecular weight excluding hydrogens is 392 g/mol. The average Bonchev–Trinajstić information content (AvgIpc) is 2.96. The Morgan fingerprint density at radius 2 is 1.39 bits per heavy atom. The molecule has 8 nitrogen and oxygen atoms in total. The highest BCUT2D eigenvalue weighted by atomic mass is 31.2. The molecular formula is C18H31FNO7P. The average molecular weight is 423 g/mol. The summed E-state index contributed by atoms with van der Waals surface area (Å²) in [6, 6.07) is 0. The van der Waals surface area contributed by atoms with Crippen LogP contribution < -0.4 is 0 Å². The van der Waals surface area contributed by atoms with Crippen molar-refractivity contribution in [3.05, 3.63) is 0 Å². The molecule has 0 saturated heterocycles. The van der Waals surface area contributed by atoms with Crippen LogP contribution in [0.2, 0.25) is 0 Å². The highest BCUT2D eigenvalue weighted by Crippen LogP contribution is 2.62. The molecule has 0 unspecified atom stereocenters. The van der Waals surface area contributed by atoms with Gasteiger partial charge in [0.2, 0.25) is 0 Å². The molecule has 0 aromatic heterocycles. The number of carbonyl (C=O) groups excluding carboxylic acids is 3. The van der Waals surface area contributed by atoms with E-state index < -0.39 is 60.3 Å². The number of amides is 2. The molecule has 28 heavy (non-hydrogen) atoms. The van der Waals surface area contributed by atoms with E-state index in [-0.39, 0.29) is 0 Å². The molecule has 10 heteroatoms. The van der Waals surface area contributed by atoms with Crippen molar-refractivity contribution in [2.24, 2.45) is 0 Å². The van der Waals surface area contributed by atoms with E-state index in [1.165, 1.54) is 13.3 Å². The fourth-order valence-electron chi connectivity index (χ4n) is 2.95. The number of rotatable bonds is 4. The number of hydrogen-bond donors (Lipinski definition) is 0. The van der Waals surface area contributed by atoms with Crippen LogP contribution in [0, 0.1) is 0 Å². The van der Waals surface area contributed by atoms with Crippen LogP contribution in [0.3, 0.4) is 0 Å². The molecule has 1 fully saturated rings. The minimum Gasteiger partial charge on any atom is -0.467 e. The molecule has 0 aliphatic heterocycles. The van der Waals surface area contributed by atoms with E-state index in [9.17, 15) is 18.9 Å². The van der Waals surface area contributed by atoms with Gasteiger partial charge in [0, 0.05) is 12.6 Å². The standard InChI is InChI=1S/C18H31FNO7P/c1-15(2,3)26-13(22)20(14(23)27-16(4,5)6)18(12(21)25-7)10-17(18,19)11-28(8,9)24/h10-11H2,1-9H3/t17-,18+/m1/s1. The molecule has 1 aliphatic carbocycles. The number of halogens is 1. The van der Waals surface area contributed by atoms with E-state index >= 15 is 4.39 Å². The van der Waals surface area contributed by atoms with Crippen LogP contribution in [-0.2, 0) is 23.6 Å². The van der Waals surface area contributed by atoms with E-state index in [0.717, 1.165) is 7.11 Å². The summed E-state index contributed by atoms with van der Waals surface area (Å²) < 4.78 is 43.1. The Labute approximate surface area is 165 Å². The summed E-state index contributed by atoms with van der Waals surface area (Å²) >= 11 is 0. The van der Waals surface area contributed by atoms with Crippen molar-refractivity contribution in [1.29, 1.82) is 0 Å². The number of nitrogens with zero attached hydrogens (tertiary/aromatic N) is 1. The van der Waals surface area contributed by atoms with E-state index in [4.69, 9.17) is 14.2 Å². The number of imide groups is 1. The first-order valence-corrected chi connectivity index (χ1v) is 11.6. The molecule has 2 atom stereocenters. The van der Waals surface area contributed by atoms with E-state index in [1.807, 2.05) is 0 Å². The van der Waals surface area contributed by atoms with Gasteiger partial charge in [0.1, 0.15) is 11.2 Å². The number of alkyl halides is 1. The first-order valence-electron chi connectivity index (χ1n) is 8.85. The van der Waals surface area contributed by atoms with Crippen LogP contribution in [0.15, 0.2) is 0 Å². The molecule has 1 aliphatic rings. The maximum Gasteiger partial charge on any atom is 0.420 e. The SMILES string of the molecule is COC(=O)[C@@]1(N(C(=O)OC(C)(C)C)C(=O)OC(C)(C)C)C[C@@]1(F)CP(C)(C)=O. The lowest BCUT2D eigenvalue weighted by Crippen LogP contribution is -2.57. The Morgan fingerprint density at radius 3 is 1.68 bits per heavy atom. The summed E-state index contributed by atoms with van der Waals surface area (Å²) in [5.74, 6) is -1.14. The maximum atomic E-state index is 15.7. The largest absolute Gasteiger partial charge is 0.467 e. The van der Waals surface area contributed by atoms with Gasteiger partial charge in [-0.3, -0.25) is 0 Å². The lowest BCUT2D eigenvalue weighted by Gasteiger charge is -2.33. The molecule has 1 saturated carbocycles. The van der Waals surface area contributed by atoms with Gasteiger partial charge in [0.15, 0.2) is 11.2 Å². The lowest BCUT2D eigenvalue weighted by atomic mass is 10.1. The van der Waals surface area contributed by atoms with E-state index in [2.05, 4.69) is 0 Å². The van der Waals surface area contributed by atoms with Crippen molar-refractivity contribution in [3.8, 4) is 0 Å². The zero-order valence-electron chi connectivity index (χ0n) is 18.0. The van der Waals surface area contributed by atoms with Crippen molar-refractivity contribution in [1.82, 2.24) is 4.90 Å². The van der Waals surface area contributed by atoms with Gasteiger partial charge in [-0.1, -0.05) is 0 Å². The minimum absolute atomic E-state index is 0.338. The van der Waals surface area contributed by atoms with E-state index in [0.29, 0.717) is 4.90 Å². The number of carbonyl (C=O) groups is 3. The quantitative estimate of drug-likeness (QED) is 0.385. The Bertz CT molecular complexity index is 678. The lowest BCUT2D eigenvalue weighted by molar-refractivity contribution is -0.150. The second kappa shape index (κ2) is 7.32. The number of hydrogen-bond acceptors (Lipinski definition) is 7. The Hall–Kier alpha value is -1.63. The third-order valence-electron chi connectivity index (χ3n) is 3.84. The molecule has 1 rings (SSSR count). The summed E-state index contributed by atoms with van der Waals surface area (Å²) in [6.45, 7) is 12.1. The van der Waals surface area contributed by atoms with Gasteiger partial charge in [0.05, 0.1) is 14.3 Å². The zero-order chi connectivity index (χ0) is 22.3. The van der Waals surface area contributed by atoms with Crippen LogP contribution in [0.1, 0.15) is 48.0 Å². The van der Waals surface area contributed by atoms with Gasteiger partial charge in [0.25, 0.3) is 0 Å². The topological polar surface area (TPSA) is 99.2 Å². The second-order valence-electron chi connectivity index (χ2n) is 9.52. The third-order valence-corrected chi connectivity index (χ3v) is 5.10. The Morgan fingerprint density at radius 1 is 1.00 bits per heavy atom. The summed E-state index contributed by atoms with van der Waals surface area (Å²) in [5, 5.41) is 0. The smallest absolute Gasteiger partial charge is 0.420 e. The van der Waals surface area contributed by atoms with Gasteiger partial charge in [-0.05, 0) is 54.9 Å². The normalized spacial score (nSPS) is 24.9. The highest BCUT2D eigenvalue weighted by molar-refractivity contribution is 7.62. The summed E-state index contributed by atoms with van der Waals surface area (Å²) in [6.07, 6.45) is -3.53. The van der Waals surface area contributed by atoms with Crippen molar-refractivity contribution in [2.75, 3.05) is 26.6 Å². The van der Waals surface area contributed by atoms with Crippen LogP contribution in [0.25, 0.3) is 0 Å². The fraction of sp³-hybridized carbons (Fsp3) is 0.833. The predicted octanol–water partition coefficient (Wildman–Crippen LogP) is 3.81. The predicted molar refractivity (Wildman–Crippen MR) is 102 cm³/mol. The minimum atomic E-state index is -2.95. The van der Waals surface area contributed by atoms with Gasteiger partial charge in [-0.2, -0.15) is 4.90 Å². The van der Waals surface area contributed by atoms with Gasteiger partial charge in [-0.25, -0.2) is 18.8 Å². The van der Waals surface area contributed by atoms with Crippen molar-refractivity contribution in [3.63, 3.8) is 0 Å². The Kier molecular flexibility index (Phi) is 6.38. The van der Waals surface area contributed by atoms with Crippen molar-refractivity contribution >= 4 is 25.3 Å². The zero-order valence-corrected chi connectivity index (χ0v) is 18.9. The van der Waals surface area contributed by atoms with E-state index in [1.54, 1.807) is 41.5 Å². The van der Waals surface area contributed by atoms with Crippen LogP contribution in [0.4, 0.5) is 14.0 Å². The summed E-state index contributed by atoms with van der Waals surface area (Å²) in [7, 11) is -1.93. The molecule has 162 valence electrons. The van der Waals surface area contributed by atoms with Crippen LogP contribution in [-0.4, -0.2) is 72.1 Å². The molecule has 0 heterocycles. The summed E-state index contributed by atoms with van der Waals surface area (Å²) in [5.41, 5.74) is -6.75. The number of methoxy groups -OCH3 is 1. The molecule has 0 N–H and O–H groups in total. The first kappa shape index (κ1) is 24.4. The monoisotopic (exact) mass is 423 g/mol. The van der Waals surface area contributed by atoms with Gasteiger partial charge in [-0.15, -0.1) is 0 Å². The first-order chi connectivity index (χ1) is 12.3. The highest BCUT2D eigenvalue weighted by Gasteiger charge is 2.81. The van der Waals surface area contributed by atoms with Crippen molar-refractivity contribution in [2.45, 2.75) is 70.4 Å². The number of esters is 1. The van der Waals surface area contributed by atoms with Crippen LogP contribution >= 0.6 is 7.14 Å². The molecule has 0 radical (unpaired) electrons. The number of ether oxygens (including phenoxy) is 3. The molecule has 0 spiro atoms.